The fourth-order valence-electron chi connectivity index (χ4n) is 2.75. The van der Waals surface area contributed by atoms with Gasteiger partial charge in [-0.1, -0.05) is 42.0 Å². The molecule has 0 spiro atoms. The van der Waals surface area contributed by atoms with Crippen LogP contribution in [-0.4, -0.2) is 17.6 Å². The number of carbonyl (C=O) groups is 2. The smallest absolute Gasteiger partial charge is 0.170 e. The van der Waals surface area contributed by atoms with E-state index in [1.54, 1.807) is 0 Å². The van der Waals surface area contributed by atoms with Gasteiger partial charge in [0.05, 0.1) is 5.92 Å². The quantitative estimate of drug-likeness (QED) is 0.626. The van der Waals surface area contributed by atoms with Crippen molar-refractivity contribution in [3.05, 3.63) is 63.2 Å². The summed E-state index contributed by atoms with van der Waals surface area (Å²) in [6.45, 7) is 2.01. The first-order valence-electron chi connectivity index (χ1n) is 7.20. The Balaban J connectivity index is 1.83. The molecule has 3 rings (SSSR count). The Morgan fingerprint density at radius 1 is 1.05 bits per heavy atom. The van der Waals surface area contributed by atoms with Gasteiger partial charge in [0.1, 0.15) is 6.04 Å². The number of hydrogen-bond donors (Lipinski definition) is 1. The second kappa shape index (κ2) is 6.20. The van der Waals surface area contributed by atoms with Crippen molar-refractivity contribution >= 4 is 39.8 Å². The van der Waals surface area contributed by atoms with Gasteiger partial charge in [-0.25, -0.2) is 0 Å². The van der Waals surface area contributed by atoms with Crippen molar-refractivity contribution in [2.45, 2.75) is 25.3 Å². The summed E-state index contributed by atoms with van der Waals surface area (Å²) >= 11 is 2.20. The minimum Gasteiger partial charge on any atom is -0.368 e. The molecule has 4 heteroatoms. The number of aryl methyl sites for hydroxylation is 1. The number of carbonyl (C=O) groups excluding carboxylic acids is 2. The van der Waals surface area contributed by atoms with Gasteiger partial charge in [-0.2, -0.15) is 0 Å². The number of nitrogens with one attached hydrogen (secondary N) is 1. The Bertz CT molecular complexity index is 724. The molecule has 22 heavy (non-hydrogen) atoms. The molecule has 2 aromatic rings. The van der Waals surface area contributed by atoms with E-state index in [9.17, 15) is 9.59 Å². The molecular weight excluding hydrogens is 389 g/mol. The summed E-state index contributed by atoms with van der Waals surface area (Å²) in [6.07, 6.45) is 0.281. The molecule has 3 nitrogen and oxygen atoms in total. The van der Waals surface area contributed by atoms with E-state index < -0.39 is 6.04 Å². The van der Waals surface area contributed by atoms with Crippen LogP contribution in [0.5, 0.6) is 0 Å². The summed E-state index contributed by atoms with van der Waals surface area (Å²) in [6, 6.07) is 14.8. The summed E-state index contributed by atoms with van der Waals surface area (Å²) in [5, 5.41) is 3.11. The largest absolute Gasteiger partial charge is 0.368 e. The zero-order valence-corrected chi connectivity index (χ0v) is 14.3. The summed E-state index contributed by atoms with van der Waals surface area (Å²) < 4.78 is 1.000. The molecule has 112 valence electrons. The first kappa shape index (κ1) is 15.2. The number of rotatable bonds is 3. The highest BCUT2D eigenvalue weighted by Crippen LogP contribution is 2.31. The van der Waals surface area contributed by atoms with E-state index in [4.69, 9.17) is 0 Å². The fraction of sp³-hybridized carbons (Fsp3) is 0.222. The molecule has 2 atom stereocenters. The van der Waals surface area contributed by atoms with Gasteiger partial charge in [0.15, 0.2) is 11.6 Å². The van der Waals surface area contributed by atoms with Crippen molar-refractivity contribution in [3.8, 4) is 0 Å². The lowest BCUT2D eigenvalue weighted by atomic mass is 9.95. The zero-order valence-electron chi connectivity index (χ0n) is 12.2. The number of halogens is 1. The summed E-state index contributed by atoms with van der Waals surface area (Å²) in [7, 11) is 0. The maximum absolute atomic E-state index is 12.6. The lowest BCUT2D eigenvalue weighted by Crippen LogP contribution is -2.32. The van der Waals surface area contributed by atoms with Crippen molar-refractivity contribution in [1.82, 2.24) is 0 Å². The summed E-state index contributed by atoms with van der Waals surface area (Å²) in [5.74, 6) is -0.393. The van der Waals surface area contributed by atoms with Gasteiger partial charge in [0, 0.05) is 15.7 Å². The molecule has 1 saturated carbocycles. The maximum atomic E-state index is 12.6. The predicted molar refractivity (Wildman–Crippen MR) is 95.1 cm³/mol. The van der Waals surface area contributed by atoms with Crippen LogP contribution in [0, 0.1) is 10.5 Å². The number of hydrogen-bond acceptors (Lipinski definition) is 3. The first-order chi connectivity index (χ1) is 10.6. The predicted octanol–water partition coefficient (Wildman–Crippen LogP) is 3.71. The highest BCUT2D eigenvalue weighted by Gasteiger charge is 2.41. The van der Waals surface area contributed by atoms with Crippen molar-refractivity contribution in [1.29, 1.82) is 0 Å². The fourth-order valence-corrected chi connectivity index (χ4v) is 3.29. The van der Waals surface area contributed by atoms with E-state index >= 15 is 0 Å². The minimum absolute atomic E-state index is 0.0322. The molecule has 2 aromatic carbocycles. The Morgan fingerprint density at radius 3 is 2.41 bits per heavy atom. The molecule has 0 radical (unpaired) electrons. The molecule has 0 aromatic heterocycles. The molecule has 0 amide bonds. The monoisotopic (exact) mass is 405 g/mol. The molecule has 0 bridgehead atoms. The van der Waals surface area contributed by atoms with Crippen LogP contribution in [0.25, 0.3) is 0 Å². The molecule has 1 fully saturated rings. The van der Waals surface area contributed by atoms with Crippen LogP contribution in [0.4, 0.5) is 5.69 Å². The van der Waals surface area contributed by atoms with Crippen LogP contribution in [0.15, 0.2) is 48.5 Å². The second-order valence-electron chi connectivity index (χ2n) is 5.59. The molecular formula is C18H16INO2. The van der Waals surface area contributed by atoms with Gasteiger partial charge in [-0.15, -0.1) is 0 Å². The molecule has 0 aliphatic heterocycles. The summed E-state index contributed by atoms with van der Waals surface area (Å²) in [5.41, 5.74) is 2.91. The highest BCUT2D eigenvalue weighted by atomic mass is 127. The topological polar surface area (TPSA) is 46.2 Å². The van der Waals surface area contributed by atoms with E-state index in [1.807, 2.05) is 55.5 Å². The van der Waals surface area contributed by atoms with Gasteiger partial charge < -0.3 is 5.32 Å². The molecule has 1 aliphatic rings. The van der Waals surface area contributed by atoms with Crippen molar-refractivity contribution in [3.63, 3.8) is 0 Å². The summed E-state index contributed by atoms with van der Waals surface area (Å²) in [4.78, 5) is 24.9. The lowest BCUT2D eigenvalue weighted by Gasteiger charge is -2.14. The average molecular weight is 405 g/mol. The van der Waals surface area contributed by atoms with Gasteiger partial charge in [0.25, 0.3) is 0 Å². The van der Waals surface area contributed by atoms with Crippen LogP contribution in [0.3, 0.4) is 0 Å². The third-order valence-corrected chi connectivity index (χ3v) is 4.95. The SMILES string of the molecule is Cc1ccc([C@@H]2CC(=O)[C@@H](Nc3ccccc3I)C2=O)cc1. The van der Waals surface area contributed by atoms with E-state index in [2.05, 4.69) is 27.9 Å². The highest BCUT2D eigenvalue weighted by molar-refractivity contribution is 14.1. The molecule has 0 unspecified atom stereocenters. The van der Waals surface area contributed by atoms with E-state index in [0.29, 0.717) is 0 Å². The van der Waals surface area contributed by atoms with Crippen molar-refractivity contribution in [2.75, 3.05) is 5.32 Å². The number of Topliss-reactive ketones (excluding diaryl/α,β-unsaturated/α-hetero) is 2. The number of para-hydroxylation sites is 1. The van der Waals surface area contributed by atoms with Crippen LogP contribution < -0.4 is 5.32 Å². The molecule has 1 N–H and O–H groups in total. The Kier molecular flexibility index (Phi) is 4.29. The van der Waals surface area contributed by atoms with E-state index in [0.717, 1.165) is 20.4 Å². The van der Waals surface area contributed by atoms with E-state index in [1.165, 1.54) is 0 Å². The molecule has 0 heterocycles. The minimum atomic E-state index is -0.734. The third-order valence-electron chi connectivity index (χ3n) is 4.01. The Hall–Kier alpha value is -1.69. The van der Waals surface area contributed by atoms with Crippen molar-refractivity contribution in [2.24, 2.45) is 0 Å². The third kappa shape index (κ3) is 2.92. The normalized spacial score (nSPS) is 21.2. The van der Waals surface area contributed by atoms with Gasteiger partial charge in [-0.05, 0) is 47.2 Å². The molecule has 0 saturated heterocycles. The maximum Gasteiger partial charge on any atom is 0.170 e. The van der Waals surface area contributed by atoms with Crippen LogP contribution in [0.2, 0.25) is 0 Å². The van der Waals surface area contributed by atoms with Crippen LogP contribution in [-0.2, 0) is 9.59 Å². The Morgan fingerprint density at radius 2 is 1.73 bits per heavy atom. The van der Waals surface area contributed by atoms with Gasteiger partial charge >= 0.3 is 0 Å². The zero-order chi connectivity index (χ0) is 15.7. The molecule has 1 aliphatic carbocycles. The number of ketones is 2. The number of anilines is 1. The first-order valence-corrected chi connectivity index (χ1v) is 8.28. The van der Waals surface area contributed by atoms with E-state index in [-0.39, 0.29) is 23.9 Å². The second-order valence-corrected chi connectivity index (χ2v) is 6.76. The van der Waals surface area contributed by atoms with Gasteiger partial charge in [-0.3, -0.25) is 9.59 Å². The number of benzene rings is 2. The van der Waals surface area contributed by atoms with Crippen LogP contribution in [0.1, 0.15) is 23.5 Å². The average Bonchev–Trinajstić information content (AvgIpc) is 2.78. The van der Waals surface area contributed by atoms with Gasteiger partial charge in [0.2, 0.25) is 0 Å². The van der Waals surface area contributed by atoms with Crippen LogP contribution >= 0.6 is 22.6 Å². The Labute approximate surface area is 143 Å². The standard InChI is InChI=1S/C18H16INO2/c1-11-6-8-12(9-7-11)13-10-16(21)17(18(13)22)20-15-5-3-2-4-14(15)19/h2-9,13,17,20H,10H2,1H3/t13-,17+/m0/s1. The lowest BCUT2D eigenvalue weighted by molar-refractivity contribution is -0.123. The van der Waals surface area contributed by atoms with Crippen molar-refractivity contribution < 1.29 is 9.59 Å².